The van der Waals surface area contributed by atoms with Crippen molar-refractivity contribution in [3.63, 3.8) is 0 Å². The van der Waals surface area contributed by atoms with Crippen molar-refractivity contribution in [1.29, 1.82) is 0 Å². The van der Waals surface area contributed by atoms with Gasteiger partial charge in [0.05, 0.1) is 0 Å². The molecule has 2 rings (SSSR count). The van der Waals surface area contributed by atoms with Crippen LogP contribution >= 0.6 is 0 Å². The third-order valence-corrected chi connectivity index (χ3v) is 3.90. The standard InChI is InChI=1S/C20H24N2O2/c1-14(2)22(13-17-8-6-5-7-9-17)20(24)19(23)21-18-11-10-15(3)12-16(18)4/h5-12,14H,13H2,1-4H3,(H,21,23). The number of carbonyl (C=O) groups is 2. The van der Waals surface area contributed by atoms with E-state index in [0.29, 0.717) is 12.2 Å². The summed E-state index contributed by atoms with van der Waals surface area (Å²) >= 11 is 0. The van der Waals surface area contributed by atoms with Crippen LogP contribution in [0.5, 0.6) is 0 Å². The highest BCUT2D eigenvalue weighted by Crippen LogP contribution is 2.17. The molecule has 0 unspecified atom stereocenters. The Balaban J connectivity index is 2.12. The number of nitrogens with one attached hydrogen (secondary N) is 1. The summed E-state index contributed by atoms with van der Waals surface area (Å²) in [5.41, 5.74) is 3.72. The zero-order valence-corrected chi connectivity index (χ0v) is 14.7. The van der Waals surface area contributed by atoms with Crippen LogP contribution in [-0.2, 0) is 16.1 Å². The highest BCUT2D eigenvalue weighted by Gasteiger charge is 2.24. The summed E-state index contributed by atoms with van der Waals surface area (Å²) in [6, 6.07) is 15.3. The van der Waals surface area contributed by atoms with E-state index >= 15 is 0 Å². The first-order valence-corrected chi connectivity index (χ1v) is 8.11. The third-order valence-electron chi connectivity index (χ3n) is 3.90. The summed E-state index contributed by atoms with van der Waals surface area (Å²) in [5, 5.41) is 2.73. The lowest BCUT2D eigenvalue weighted by molar-refractivity contribution is -0.144. The first-order chi connectivity index (χ1) is 11.4. The highest BCUT2D eigenvalue weighted by atomic mass is 16.2. The SMILES string of the molecule is Cc1ccc(NC(=O)C(=O)N(Cc2ccccc2)C(C)C)c(C)c1. The Bertz CT molecular complexity index is 724. The van der Waals surface area contributed by atoms with Crippen LogP contribution in [0.1, 0.15) is 30.5 Å². The molecule has 1 N–H and O–H groups in total. The fourth-order valence-corrected chi connectivity index (χ4v) is 2.53. The van der Waals surface area contributed by atoms with Crippen molar-refractivity contribution in [2.75, 3.05) is 5.32 Å². The zero-order chi connectivity index (χ0) is 17.7. The van der Waals surface area contributed by atoms with Crippen molar-refractivity contribution in [2.24, 2.45) is 0 Å². The smallest absolute Gasteiger partial charge is 0.313 e. The van der Waals surface area contributed by atoms with Gasteiger partial charge < -0.3 is 10.2 Å². The topological polar surface area (TPSA) is 49.4 Å². The highest BCUT2D eigenvalue weighted by molar-refractivity contribution is 6.39. The van der Waals surface area contributed by atoms with E-state index in [1.807, 2.05) is 76.2 Å². The molecular weight excluding hydrogens is 300 g/mol. The summed E-state index contributed by atoms with van der Waals surface area (Å²) in [7, 11) is 0. The Morgan fingerprint density at radius 2 is 1.71 bits per heavy atom. The van der Waals surface area contributed by atoms with Gasteiger partial charge in [-0.15, -0.1) is 0 Å². The molecular formula is C20H24N2O2. The molecule has 0 fully saturated rings. The number of benzene rings is 2. The van der Waals surface area contributed by atoms with Crippen LogP contribution in [-0.4, -0.2) is 22.8 Å². The molecule has 4 heteroatoms. The van der Waals surface area contributed by atoms with Gasteiger partial charge in [0.2, 0.25) is 0 Å². The molecule has 0 spiro atoms. The van der Waals surface area contributed by atoms with E-state index in [9.17, 15) is 9.59 Å². The second kappa shape index (κ2) is 7.77. The van der Waals surface area contributed by atoms with E-state index in [2.05, 4.69) is 5.32 Å². The van der Waals surface area contributed by atoms with Crippen LogP contribution in [0.15, 0.2) is 48.5 Å². The quantitative estimate of drug-likeness (QED) is 0.872. The van der Waals surface area contributed by atoms with Gasteiger partial charge in [0.1, 0.15) is 0 Å². The van der Waals surface area contributed by atoms with Crippen LogP contribution in [0.3, 0.4) is 0 Å². The number of anilines is 1. The molecule has 2 aromatic carbocycles. The van der Waals surface area contributed by atoms with Gasteiger partial charge in [-0.3, -0.25) is 9.59 Å². The second-order valence-corrected chi connectivity index (χ2v) is 6.28. The zero-order valence-electron chi connectivity index (χ0n) is 14.7. The maximum Gasteiger partial charge on any atom is 0.313 e. The summed E-state index contributed by atoms with van der Waals surface area (Å²) < 4.78 is 0. The van der Waals surface area contributed by atoms with Crippen molar-refractivity contribution in [3.05, 3.63) is 65.2 Å². The first-order valence-electron chi connectivity index (χ1n) is 8.11. The van der Waals surface area contributed by atoms with Crippen LogP contribution in [0.2, 0.25) is 0 Å². The molecule has 0 aliphatic carbocycles. The Hall–Kier alpha value is -2.62. The Kier molecular flexibility index (Phi) is 5.74. The predicted octanol–water partition coefficient (Wildman–Crippen LogP) is 3.68. The first kappa shape index (κ1) is 17.7. The maximum atomic E-state index is 12.6. The van der Waals surface area contributed by atoms with E-state index in [1.54, 1.807) is 4.90 Å². The van der Waals surface area contributed by atoms with E-state index < -0.39 is 11.8 Å². The Morgan fingerprint density at radius 3 is 2.29 bits per heavy atom. The van der Waals surface area contributed by atoms with Gasteiger partial charge in [0, 0.05) is 18.3 Å². The minimum atomic E-state index is -0.605. The van der Waals surface area contributed by atoms with Crippen LogP contribution < -0.4 is 5.32 Å². The molecule has 4 nitrogen and oxygen atoms in total. The van der Waals surface area contributed by atoms with Crippen LogP contribution in [0.25, 0.3) is 0 Å². The van der Waals surface area contributed by atoms with Crippen molar-refractivity contribution in [3.8, 4) is 0 Å². The van der Waals surface area contributed by atoms with E-state index in [1.165, 1.54) is 0 Å². The molecule has 0 atom stereocenters. The van der Waals surface area contributed by atoms with E-state index in [0.717, 1.165) is 16.7 Å². The average molecular weight is 324 g/mol. The minimum Gasteiger partial charge on any atom is -0.328 e. The monoisotopic (exact) mass is 324 g/mol. The lowest BCUT2D eigenvalue weighted by Crippen LogP contribution is -2.43. The summed E-state index contributed by atoms with van der Waals surface area (Å²) in [5.74, 6) is -1.12. The lowest BCUT2D eigenvalue weighted by atomic mass is 10.1. The van der Waals surface area contributed by atoms with Crippen LogP contribution in [0, 0.1) is 13.8 Å². The van der Waals surface area contributed by atoms with Gasteiger partial charge in [0.25, 0.3) is 0 Å². The van der Waals surface area contributed by atoms with Gasteiger partial charge in [-0.1, -0.05) is 48.0 Å². The molecule has 2 amide bonds. The van der Waals surface area contributed by atoms with Gasteiger partial charge in [0.15, 0.2) is 0 Å². The molecule has 0 saturated carbocycles. The molecule has 0 aliphatic heterocycles. The minimum absolute atomic E-state index is 0.0671. The molecule has 0 bridgehead atoms. The molecule has 0 heterocycles. The van der Waals surface area contributed by atoms with Gasteiger partial charge >= 0.3 is 11.8 Å². The van der Waals surface area contributed by atoms with Gasteiger partial charge in [-0.25, -0.2) is 0 Å². The third kappa shape index (κ3) is 4.44. The fraction of sp³-hybridized carbons (Fsp3) is 0.300. The number of carbonyl (C=O) groups excluding carboxylic acids is 2. The van der Waals surface area contributed by atoms with Crippen LogP contribution in [0.4, 0.5) is 5.69 Å². The average Bonchev–Trinajstić information content (AvgIpc) is 2.55. The van der Waals surface area contributed by atoms with Crippen molar-refractivity contribution in [1.82, 2.24) is 4.90 Å². The normalized spacial score (nSPS) is 10.5. The molecule has 0 aliphatic rings. The number of hydrogen-bond donors (Lipinski definition) is 1. The van der Waals surface area contributed by atoms with Gasteiger partial charge in [-0.2, -0.15) is 0 Å². The molecule has 2 aromatic rings. The molecule has 0 radical (unpaired) electrons. The summed E-state index contributed by atoms with van der Waals surface area (Å²) in [4.78, 5) is 26.5. The number of nitrogens with zero attached hydrogens (tertiary/aromatic N) is 1. The Labute approximate surface area is 143 Å². The summed E-state index contributed by atoms with van der Waals surface area (Å²) in [6.45, 7) is 8.13. The van der Waals surface area contributed by atoms with Crippen molar-refractivity contribution < 1.29 is 9.59 Å². The predicted molar refractivity (Wildman–Crippen MR) is 96.7 cm³/mol. The van der Waals surface area contributed by atoms with Crippen molar-refractivity contribution in [2.45, 2.75) is 40.3 Å². The molecule has 24 heavy (non-hydrogen) atoms. The Morgan fingerprint density at radius 1 is 1.04 bits per heavy atom. The number of aryl methyl sites for hydroxylation is 2. The van der Waals surface area contributed by atoms with E-state index in [4.69, 9.17) is 0 Å². The number of hydrogen-bond acceptors (Lipinski definition) is 2. The summed E-state index contributed by atoms with van der Waals surface area (Å²) in [6.07, 6.45) is 0. The fourth-order valence-electron chi connectivity index (χ4n) is 2.53. The second-order valence-electron chi connectivity index (χ2n) is 6.28. The number of rotatable bonds is 4. The molecule has 126 valence electrons. The van der Waals surface area contributed by atoms with E-state index in [-0.39, 0.29) is 6.04 Å². The van der Waals surface area contributed by atoms with Crippen molar-refractivity contribution >= 4 is 17.5 Å². The molecule has 0 saturated heterocycles. The molecule has 0 aromatic heterocycles. The van der Waals surface area contributed by atoms with Gasteiger partial charge in [-0.05, 0) is 44.9 Å². The largest absolute Gasteiger partial charge is 0.328 e. The maximum absolute atomic E-state index is 12.6. The lowest BCUT2D eigenvalue weighted by Gasteiger charge is -2.26. The number of amides is 2.